The molecule has 238 valence electrons. The van der Waals surface area contributed by atoms with Crippen LogP contribution in [0.1, 0.15) is 40.8 Å². The normalized spacial score (nSPS) is 27.6. The van der Waals surface area contributed by atoms with Crippen molar-refractivity contribution in [2.45, 2.75) is 76.9 Å². The molecule has 2 aliphatic rings. The number of esters is 1. The van der Waals surface area contributed by atoms with Gasteiger partial charge in [0.25, 0.3) is 5.91 Å². The third kappa shape index (κ3) is 7.18. The number of imidazole rings is 1. The number of aliphatic hydroxyl groups is 1. The lowest BCUT2D eigenvalue weighted by Gasteiger charge is -2.25. The number of hydrogen-bond acceptors (Lipinski definition) is 14. The lowest BCUT2D eigenvalue weighted by Crippen LogP contribution is -2.41. The lowest BCUT2D eigenvalue weighted by molar-refractivity contribution is -0.149. The molecule has 0 radical (unpaired) electrons. The molecule has 4 rings (SSSR count). The Morgan fingerprint density at radius 1 is 1.37 bits per heavy atom. The molecule has 3 amide bonds. The van der Waals surface area contributed by atoms with Gasteiger partial charge in [-0.05, 0) is 34.6 Å². The summed E-state index contributed by atoms with van der Waals surface area (Å²) in [6.07, 6.45) is -3.81. The highest BCUT2D eigenvalue weighted by Crippen LogP contribution is 2.57. The third-order valence-corrected chi connectivity index (χ3v) is 10.5. The molecule has 0 saturated carbocycles. The number of alkyl halides is 1. The highest BCUT2D eigenvalue weighted by atomic mass is 32.7. The van der Waals surface area contributed by atoms with Gasteiger partial charge in [0, 0.05) is 5.75 Å². The summed E-state index contributed by atoms with van der Waals surface area (Å²) >= 11 is 0.632. The number of imide groups is 1. The minimum atomic E-state index is -4.08. The number of nitrogens with zero attached hydrogens (tertiary/aromatic N) is 4. The Balaban J connectivity index is 1.53. The first-order valence-electron chi connectivity index (χ1n) is 13.3. The van der Waals surface area contributed by atoms with Crippen LogP contribution >= 0.6 is 18.1 Å². The third-order valence-electron chi connectivity index (χ3n) is 6.39. The van der Waals surface area contributed by atoms with E-state index in [4.69, 9.17) is 24.5 Å². The average molecular weight is 649 g/mol. The quantitative estimate of drug-likeness (QED) is 0.115. The van der Waals surface area contributed by atoms with Gasteiger partial charge in [-0.25, -0.2) is 19.3 Å². The van der Waals surface area contributed by atoms with Crippen LogP contribution < -0.4 is 26.2 Å². The molecule has 7 atom stereocenters. The van der Waals surface area contributed by atoms with Gasteiger partial charge in [-0.2, -0.15) is 9.97 Å². The summed E-state index contributed by atoms with van der Waals surface area (Å²) in [7, 11) is 0. The number of amides is 3. The van der Waals surface area contributed by atoms with Crippen molar-refractivity contribution in [3.63, 3.8) is 0 Å². The Bertz CT molecular complexity index is 1430. The van der Waals surface area contributed by atoms with Crippen molar-refractivity contribution in [1.82, 2.24) is 35.2 Å². The van der Waals surface area contributed by atoms with Gasteiger partial charge >= 0.3 is 18.7 Å². The number of urea groups is 1. The second-order valence-electron chi connectivity index (χ2n) is 10.2. The van der Waals surface area contributed by atoms with E-state index in [1.165, 1.54) is 17.8 Å². The number of halogens is 1. The molecule has 17 nitrogen and oxygen atoms in total. The summed E-state index contributed by atoms with van der Waals surface area (Å²) in [5.74, 6) is -1.62. The molecule has 0 bridgehead atoms. The van der Waals surface area contributed by atoms with Gasteiger partial charge in [0.15, 0.2) is 23.1 Å². The molecule has 4 heterocycles. The number of hydrogen-bond donors (Lipinski definition) is 5. The second-order valence-corrected chi connectivity index (χ2v) is 14.5. The van der Waals surface area contributed by atoms with E-state index in [0.29, 0.717) is 11.4 Å². The van der Waals surface area contributed by atoms with Crippen molar-refractivity contribution in [2.75, 3.05) is 24.7 Å². The SMILES string of the molecule is CCOc1nc(N)nc2c1ncn2[C@@H]1O[C@H](CO[P@](=O)(N[C@H](C)C(=O)OC(C)C)SCC2NC(=O)NC2=O)[C@@H](O)[C@@]1(C)F. The summed E-state index contributed by atoms with van der Waals surface area (Å²) in [5.41, 5.74) is 3.68. The number of carbonyl (C=O) groups is 3. The van der Waals surface area contributed by atoms with Crippen LogP contribution in [0.5, 0.6) is 5.88 Å². The summed E-state index contributed by atoms with van der Waals surface area (Å²) in [6.45, 7) is 3.10. The Kier molecular flexibility index (Phi) is 9.82. The number of ether oxygens (including phenoxy) is 3. The van der Waals surface area contributed by atoms with Crippen LogP contribution in [0.15, 0.2) is 6.33 Å². The van der Waals surface area contributed by atoms with Gasteiger partial charge in [0.2, 0.25) is 11.8 Å². The Labute approximate surface area is 249 Å². The van der Waals surface area contributed by atoms with Gasteiger partial charge in [0.05, 0.1) is 25.6 Å². The number of rotatable bonds is 13. The van der Waals surface area contributed by atoms with Crippen molar-refractivity contribution in [2.24, 2.45) is 0 Å². The van der Waals surface area contributed by atoms with Gasteiger partial charge < -0.3 is 34.9 Å². The fourth-order valence-corrected chi connectivity index (χ4v) is 8.19. The van der Waals surface area contributed by atoms with E-state index in [1.54, 1.807) is 20.8 Å². The molecule has 2 aliphatic heterocycles. The molecule has 0 aromatic carbocycles. The van der Waals surface area contributed by atoms with Gasteiger partial charge in [-0.1, -0.05) is 11.4 Å². The summed E-state index contributed by atoms with van der Waals surface area (Å²) in [5, 5.41) is 17.9. The van der Waals surface area contributed by atoms with Crippen LogP contribution in [0, 0.1) is 0 Å². The zero-order chi connectivity index (χ0) is 31.7. The summed E-state index contributed by atoms with van der Waals surface area (Å²) in [4.78, 5) is 48.2. The van der Waals surface area contributed by atoms with Crippen LogP contribution in [-0.2, 0) is 28.2 Å². The van der Waals surface area contributed by atoms with Crippen LogP contribution in [-0.4, -0.2) is 97.6 Å². The molecular weight excluding hydrogens is 614 g/mol. The van der Waals surface area contributed by atoms with E-state index >= 15 is 4.39 Å². The molecule has 0 aliphatic carbocycles. The topological polar surface area (TPSA) is 231 Å². The monoisotopic (exact) mass is 648 g/mol. The number of carbonyl (C=O) groups excluding carboxylic acids is 3. The molecule has 2 aromatic heterocycles. The van der Waals surface area contributed by atoms with Gasteiger partial charge in [-0.15, -0.1) is 0 Å². The number of nitrogen functional groups attached to an aromatic ring is 1. The first-order valence-corrected chi connectivity index (χ1v) is 16.5. The predicted octanol–water partition coefficient (Wildman–Crippen LogP) is 0.789. The van der Waals surface area contributed by atoms with E-state index in [2.05, 4.69) is 30.7 Å². The average Bonchev–Trinajstić information content (AvgIpc) is 3.54. The second kappa shape index (κ2) is 12.9. The molecule has 0 spiro atoms. The van der Waals surface area contributed by atoms with E-state index < -0.39 is 73.5 Å². The number of anilines is 1. The molecule has 20 heteroatoms. The molecule has 2 aromatic rings. The first-order chi connectivity index (χ1) is 20.1. The highest BCUT2D eigenvalue weighted by Gasteiger charge is 2.56. The van der Waals surface area contributed by atoms with Crippen LogP contribution in [0.4, 0.5) is 15.1 Å². The summed E-state index contributed by atoms with van der Waals surface area (Å²) < 4.78 is 53.3. The molecule has 2 fully saturated rings. The fraction of sp³-hybridized carbons (Fsp3) is 0.652. The van der Waals surface area contributed by atoms with E-state index in [9.17, 15) is 24.1 Å². The van der Waals surface area contributed by atoms with Crippen molar-refractivity contribution in [1.29, 1.82) is 0 Å². The van der Waals surface area contributed by atoms with E-state index in [1.807, 2.05) is 0 Å². The maximum absolute atomic E-state index is 16.0. The Morgan fingerprint density at radius 3 is 2.72 bits per heavy atom. The highest BCUT2D eigenvalue weighted by molar-refractivity contribution is 8.56. The zero-order valence-corrected chi connectivity index (χ0v) is 25.7. The number of fused-ring (bicyclic) bond motifs is 1. The van der Waals surface area contributed by atoms with Crippen LogP contribution in [0.3, 0.4) is 0 Å². The maximum atomic E-state index is 16.0. The fourth-order valence-electron chi connectivity index (χ4n) is 4.32. The number of nitrogens with one attached hydrogen (secondary N) is 3. The van der Waals surface area contributed by atoms with Gasteiger partial charge in [0.1, 0.15) is 24.3 Å². The maximum Gasteiger partial charge on any atom is 0.327 e. The molecule has 43 heavy (non-hydrogen) atoms. The van der Waals surface area contributed by atoms with E-state index in [0.717, 1.165) is 6.92 Å². The molecule has 6 N–H and O–H groups in total. The van der Waals surface area contributed by atoms with Crippen molar-refractivity contribution >= 4 is 53.1 Å². The molecule has 2 saturated heterocycles. The number of nitrogens with two attached hydrogens (primary N) is 1. The minimum Gasteiger partial charge on any atom is -0.476 e. The number of aliphatic hydroxyl groups excluding tert-OH is 1. The van der Waals surface area contributed by atoms with Crippen molar-refractivity contribution < 1.29 is 47.2 Å². The molecular formula is C23H34FN8O9PS. The lowest BCUT2D eigenvalue weighted by atomic mass is 9.98. The van der Waals surface area contributed by atoms with Crippen LogP contribution in [0.2, 0.25) is 0 Å². The zero-order valence-electron chi connectivity index (χ0n) is 24.0. The van der Waals surface area contributed by atoms with Crippen molar-refractivity contribution in [3.05, 3.63) is 6.33 Å². The minimum absolute atomic E-state index is 0.0871. The number of aromatic nitrogens is 4. The van der Waals surface area contributed by atoms with Gasteiger partial charge in [-0.3, -0.25) is 24.0 Å². The molecule has 1 unspecified atom stereocenters. The summed E-state index contributed by atoms with van der Waals surface area (Å²) in [6, 6.07) is -2.86. The standard InChI is InChI=1S/C23H34FN8O9PS/c1-6-38-18-14-16(28-21(25)30-18)32(9-26-14)20-23(5,24)15(33)13(41-20)7-39-42(37,31-11(4)19(35)40-10(2)3)43-8-12-17(34)29-22(36)27-12/h9-13,15,20,33H,6-8H2,1-5H3,(H,31,37)(H2,25,28,30)(H2,27,29,34,36)/t11-,12?,13-,15-,20-,23-,42-/m1/s1. The van der Waals surface area contributed by atoms with E-state index in [-0.39, 0.29) is 35.4 Å². The first kappa shape index (κ1) is 32.8. The van der Waals surface area contributed by atoms with Crippen molar-refractivity contribution in [3.8, 4) is 5.88 Å². The smallest absolute Gasteiger partial charge is 0.327 e. The predicted molar refractivity (Wildman–Crippen MR) is 151 cm³/mol. The largest absolute Gasteiger partial charge is 0.476 e. The Morgan fingerprint density at radius 2 is 2.09 bits per heavy atom. The van der Waals surface area contributed by atoms with Crippen LogP contribution in [0.25, 0.3) is 11.2 Å². The Hall–Kier alpha value is -3.09.